The van der Waals surface area contributed by atoms with Crippen molar-refractivity contribution in [1.29, 1.82) is 0 Å². The Kier molecular flexibility index (Phi) is 6.02. The molecule has 5 heteroatoms. The summed E-state index contributed by atoms with van der Waals surface area (Å²) >= 11 is 11.6. The van der Waals surface area contributed by atoms with E-state index in [0.717, 1.165) is 30.0 Å². The molecule has 1 unspecified atom stereocenters. The van der Waals surface area contributed by atoms with Crippen LogP contribution in [0.3, 0.4) is 0 Å². The second-order valence-electron chi connectivity index (χ2n) is 4.78. The predicted molar refractivity (Wildman–Crippen MR) is 90.7 cm³/mol. The summed E-state index contributed by atoms with van der Waals surface area (Å²) in [6.45, 7) is 5.31. The lowest BCUT2D eigenvalue weighted by Gasteiger charge is -2.17. The van der Waals surface area contributed by atoms with Gasteiger partial charge in [0, 0.05) is 23.3 Å². The van der Waals surface area contributed by atoms with Gasteiger partial charge >= 0.3 is 0 Å². The fourth-order valence-corrected chi connectivity index (χ4v) is 3.88. The zero-order chi connectivity index (χ0) is 14.5. The van der Waals surface area contributed by atoms with Gasteiger partial charge in [0.15, 0.2) is 0 Å². The molecule has 2 nitrogen and oxygen atoms in total. The first-order valence-electron chi connectivity index (χ1n) is 6.69. The van der Waals surface area contributed by atoms with E-state index in [0.29, 0.717) is 6.04 Å². The molecule has 2 aromatic heterocycles. The van der Waals surface area contributed by atoms with Gasteiger partial charge in [0.2, 0.25) is 0 Å². The minimum absolute atomic E-state index is 0.296. The quantitative estimate of drug-likeness (QED) is 0.757. The molecule has 1 N–H and O–H groups in total. The molecule has 0 aliphatic heterocycles. The number of hydrogen-bond acceptors (Lipinski definition) is 3. The molecule has 0 aliphatic carbocycles. The topological polar surface area (TPSA) is 24.9 Å². The lowest BCUT2D eigenvalue weighted by Crippen LogP contribution is -2.23. The molecular weight excluding hydrogens is 356 g/mol. The Morgan fingerprint density at radius 3 is 2.90 bits per heavy atom. The maximum absolute atomic E-state index is 6.23. The van der Waals surface area contributed by atoms with E-state index in [1.165, 1.54) is 14.2 Å². The molecule has 0 bridgehead atoms. The number of hydrogen-bond donors (Lipinski definition) is 1. The number of halogens is 2. The van der Waals surface area contributed by atoms with Gasteiger partial charge in [0.05, 0.1) is 8.81 Å². The molecule has 0 amide bonds. The fraction of sp³-hybridized carbons (Fsp3) is 0.400. The molecule has 0 saturated carbocycles. The average molecular weight is 374 g/mol. The van der Waals surface area contributed by atoms with Gasteiger partial charge in [-0.15, -0.1) is 11.3 Å². The highest BCUT2D eigenvalue weighted by Crippen LogP contribution is 2.33. The van der Waals surface area contributed by atoms with Crippen LogP contribution in [-0.2, 0) is 6.42 Å². The van der Waals surface area contributed by atoms with Gasteiger partial charge in [-0.25, -0.2) is 0 Å². The van der Waals surface area contributed by atoms with Crippen molar-refractivity contribution in [3.05, 3.63) is 49.3 Å². The van der Waals surface area contributed by atoms with Crippen molar-refractivity contribution in [3.63, 3.8) is 0 Å². The SMILES string of the molecule is CCCNC(Cc1ccncc1Cl)c1cc(C)c(Br)s1. The summed E-state index contributed by atoms with van der Waals surface area (Å²) < 4.78 is 1.21. The number of aryl methyl sites for hydroxylation is 1. The highest BCUT2D eigenvalue weighted by Gasteiger charge is 2.16. The Morgan fingerprint density at radius 1 is 1.50 bits per heavy atom. The highest BCUT2D eigenvalue weighted by atomic mass is 79.9. The molecule has 0 aliphatic rings. The van der Waals surface area contributed by atoms with Crippen LogP contribution in [0.15, 0.2) is 28.3 Å². The summed E-state index contributed by atoms with van der Waals surface area (Å²) in [5.74, 6) is 0. The van der Waals surface area contributed by atoms with Gasteiger partial charge in [-0.1, -0.05) is 18.5 Å². The van der Waals surface area contributed by atoms with Crippen molar-refractivity contribution in [2.75, 3.05) is 6.54 Å². The predicted octanol–water partition coefficient (Wildman–Crippen LogP) is 5.15. The molecule has 1 atom stereocenters. The van der Waals surface area contributed by atoms with Gasteiger partial charge in [0.1, 0.15) is 0 Å². The molecular formula is C15H18BrClN2S. The van der Waals surface area contributed by atoms with Crippen LogP contribution in [0.4, 0.5) is 0 Å². The summed E-state index contributed by atoms with van der Waals surface area (Å²) in [6.07, 6.45) is 5.51. The van der Waals surface area contributed by atoms with Crippen LogP contribution in [-0.4, -0.2) is 11.5 Å². The van der Waals surface area contributed by atoms with Crippen molar-refractivity contribution >= 4 is 38.9 Å². The third kappa shape index (κ3) is 4.04. The first-order valence-corrected chi connectivity index (χ1v) is 8.68. The first-order chi connectivity index (χ1) is 9.61. The van der Waals surface area contributed by atoms with Gasteiger partial charge < -0.3 is 5.32 Å². The van der Waals surface area contributed by atoms with Crippen LogP contribution in [0.5, 0.6) is 0 Å². The number of aromatic nitrogens is 1. The van der Waals surface area contributed by atoms with Crippen LogP contribution in [0.25, 0.3) is 0 Å². The van der Waals surface area contributed by atoms with Crippen molar-refractivity contribution < 1.29 is 0 Å². The van der Waals surface area contributed by atoms with Crippen molar-refractivity contribution in [2.45, 2.75) is 32.7 Å². The monoisotopic (exact) mass is 372 g/mol. The number of pyridine rings is 1. The Balaban J connectivity index is 2.21. The molecule has 108 valence electrons. The summed E-state index contributed by atoms with van der Waals surface area (Å²) in [5.41, 5.74) is 2.42. The molecule has 0 spiro atoms. The number of nitrogens with one attached hydrogen (secondary N) is 1. The Labute approximate surface area is 137 Å². The zero-order valence-electron chi connectivity index (χ0n) is 11.6. The van der Waals surface area contributed by atoms with Crippen molar-refractivity contribution in [1.82, 2.24) is 10.3 Å². The Morgan fingerprint density at radius 2 is 2.30 bits per heavy atom. The second-order valence-corrected chi connectivity index (χ2v) is 7.59. The molecule has 0 fully saturated rings. The average Bonchev–Trinajstić information content (AvgIpc) is 2.76. The van der Waals surface area contributed by atoms with E-state index in [-0.39, 0.29) is 0 Å². The van der Waals surface area contributed by atoms with Gasteiger partial charge in [-0.05, 0) is 65.5 Å². The second kappa shape index (κ2) is 7.55. The number of nitrogens with zero attached hydrogens (tertiary/aromatic N) is 1. The van der Waals surface area contributed by atoms with E-state index in [2.05, 4.69) is 46.1 Å². The zero-order valence-corrected chi connectivity index (χ0v) is 14.8. The molecule has 2 heterocycles. The van der Waals surface area contributed by atoms with Gasteiger partial charge in [-0.3, -0.25) is 4.98 Å². The summed E-state index contributed by atoms with van der Waals surface area (Å²) in [5, 5.41) is 4.35. The van der Waals surface area contributed by atoms with E-state index in [1.807, 2.05) is 6.07 Å². The fourth-order valence-electron chi connectivity index (χ4n) is 2.04. The highest BCUT2D eigenvalue weighted by molar-refractivity contribution is 9.11. The normalized spacial score (nSPS) is 12.6. The minimum Gasteiger partial charge on any atom is -0.309 e. The minimum atomic E-state index is 0.296. The molecule has 0 aromatic carbocycles. The third-order valence-electron chi connectivity index (χ3n) is 3.14. The number of thiophene rings is 1. The van der Waals surface area contributed by atoms with Crippen LogP contribution in [0.1, 0.15) is 35.4 Å². The Bertz CT molecular complexity index is 551. The van der Waals surface area contributed by atoms with Crippen LogP contribution in [0.2, 0.25) is 5.02 Å². The van der Waals surface area contributed by atoms with Gasteiger partial charge in [-0.2, -0.15) is 0 Å². The molecule has 0 saturated heterocycles. The van der Waals surface area contributed by atoms with E-state index < -0.39 is 0 Å². The number of rotatable bonds is 6. The summed E-state index contributed by atoms with van der Waals surface area (Å²) in [6, 6.07) is 4.54. The molecule has 20 heavy (non-hydrogen) atoms. The van der Waals surface area contributed by atoms with Crippen LogP contribution < -0.4 is 5.32 Å². The molecule has 2 rings (SSSR count). The summed E-state index contributed by atoms with van der Waals surface area (Å²) in [7, 11) is 0. The van der Waals surface area contributed by atoms with Crippen LogP contribution in [0, 0.1) is 6.92 Å². The summed E-state index contributed by atoms with van der Waals surface area (Å²) in [4.78, 5) is 5.39. The molecule has 0 radical (unpaired) electrons. The van der Waals surface area contributed by atoms with E-state index in [4.69, 9.17) is 11.6 Å². The largest absolute Gasteiger partial charge is 0.309 e. The van der Waals surface area contributed by atoms with E-state index in [1.54, 1.807) is 23.7 Å². The van der Waals surface area contributed by atoms with Gasteiger partial charge in [0.25, 0.3) is 0 Å². The van der Waals surface area contributed by atoms with E-state index in [9.17, 15) is 0 Å². The smallest absolute Gasteiger partial charge is 0.0731 e. The maximum Gasteiger partial charge on any atom is 0.0731 e. The van der Waals surface area contributed by atoms with Crippen molar-refractivity contribution in [2.24, 2.45) is 0 Å². The Hall–Kier alpha value is -0.420. The molecule has 2 aromatic rings. The maximum atomic E-state index is 6.23. The standard InChI is InChI=1S/C15H18BrClN2S/c1-3-5-19-13(14-7-10(2)15(16)20-14)8-11-4-6-18-9-12(11)17/h4,6-7,9,13,19H,3,5,8H2,1-2H3. The van der Waals surface area contributed by atoms with E-state index >= 15 is 0 Å². The lowest BCUT2D eigenvalue weighted by atomic mass is 10.1. The lowest BCUT2D eigenvalue weighted by molar-refractivity contribution is 0.536. The van der Waals surface area contributed by atoms with Crippen LogP contribution >= 0.6 is 38.9 Å². The third-order valence-corrected chi connectivity index (χ3v) is 5.73. The van der Waals surface area contributed by atoms with Crippen molar-refractivity contribution in [3.8, 4) is 0 Å². The first kappa shape index (κ1) is 16.0.